The molecule has 0 spiro atoms. The van der Waals surface area contributed by atoms with Gasteiger partial charge in [0, 0.05) is 41.4 Å². The maximum atomic E-state index is 13.6. The lowest BCUT2D eigenvalue weighted by Crippen LogP contribution is -2.45. The molecule has 1 N–H and O–H groups in total. The maximum absolute atomic E-state index is 13.6. The normalized spacial score (nSPS) is 30.0. The monoisotopic (exact) mass is 501 g/mol. The van der Waals surface area contributed by atoms with Gasteiger partial charge < -0.3 is 9.88 Å². The molecule has 2 aromatic rings. The number of hydrogen-bond acceptors (Lipinski definition) is 5. The minimum absolute atomic E-state index is 0.0374. The van der Waals surface area contributed by atoms with Crippen molar-refractivity contribution in [2.75, 3.05) is 6.54 Å². The number of alkyl halides is 1. The van der Waals surface area contributed by atoms with E-state index in [-0.39, 0.29) is 17.9 Å². The lowest BCUT2D eigenvalue weighted by atomic mass is 9.87. The van der Waals surface area contributed by atoms with Crippen molar-refractivity contribution in [2.24, 2.45) is 5.92 Å². The van der Waals surface area contributed by atoms with Crippen molar-refractivity contribution in [3.63, 3.8) is 0 Å². The van der Waals surface area contributed by atoms with E-state index in [4.69, 9.17) is 0 Å². The van der Waals surface area contributed by atoms with E-state index in [2.05, 4.69) is 63.3 Å². The molecule has 0 radical (unpaired) electrons. The second-order valence-electron chi connectivity index (χ2n) is 11.2. The molecule has 2 saturated heterocycles. The van der Waals surface area contributed by atoms with Crippen molar-refractivity contribution < 1.29 is 9.18 Å². The predicted octanol–water partition coefficient (Wildman–Crippen LogP) is 5.72. The van der Waals surface area contributed by atoms with Crippen LogP contribution >= 0.6 is 11.3 Å². The van der Waals surface area contributed by atoms with Gasteiger partial charge in [-0.1, -0.05) is 19.9 Å². The Labute approximate surface area is 212 Å². The molecule has 8 heteroatoms. The molecule has 2 bridgehead atoms. The first kappa shape index (κ1) is 24.9. The molecule has 4 atom stereocenters. The first-order chi connectivity index (χ1) is 16.9. The van der Waals surface area contributed by atoms with Gasteiger partial charge >= 0.3 is 0 Å². The van der Waals surface area contributed by atoms with Gasteiger partial charge in [0.05, 0.1) is 6.04 Å². The number of hydrogen-bond donors (Lipinski definition) is 1. The minimum atomic E-state index is -0.732. The summed E-state index contributed by atoms with van der Waals surface area (Å²) >= 11 is 1.72. The molecule has 3 aliphatic rings. The van der Waals surface area contributed by atoms with Crippen molar-refractivity contribution in [1.29, 1.82) is 0 Å². The van der Waals surface area contributed by atoms with Crippen LogP contribution in [0.1, 0.15) is 106 Å². The first-order valence-electron chi connectivity index (χ1n) is 13.6. The van der Waals surface area contributed by atoms with E-state index >= 15 is 0 Å². The fourth-order valence-electron chi connectivity index (χ4n) is 6.71. The van der Waals surface area contributed by atoms with E-state index in [1.165, 1.54) is 17.7 Å². The lowest BCUT2D eigenvalue weighted by Gasteiger charge is -2.40. The third-order valence-electron chi connectivity index (χ3n) is 8.54. The molecule has 4 heterocycles. The predicted molar refractivity (Wildman–Crippen MR) is 137 cm³/mol. The summed E-state index contributed by atoms with van der Waals surface area (Å²) in [7, 11) is 0. The standard InChI is InChI=1S/C27H40FN5OS/c1-17(2)26-31-30-18(3)33(26)23-15-21-10-11-22(16-23)32(21)13-12-24(25-5-4-14-35-25)29-27(34)19-6-8-20(28)9-7-19/h4-5,14,17,19-24H,6-13,15-16H2,1-3H3,(H,29,34)/t19?,20?,21-,22+,23?,24-/m0/s1. The van der Waals surface area contributed by atoms with Gasteiger partial charge in [0.25, 0.3) is 0 Å². The molecule has 6 nitrogen and oxygen atoms in total. The summed E-state index contributed by atoms with van der Waals surface area (Å²) in [6.07, 6.45) is 7.37. The van der Waals surface area contributed by atoms with Crippen molar-refractivity contribution in [1.82, 2.24) is 25.0 Å². The number of rotatable bonds is 8. The van der Waals surface area contributed by atoms with E-state index in [1.54, 1.807) is 11.3 Å². The Hall–Kier alpha value is -1.80. The molecule has 1 amide bonds. The minimum Gasteiger partial charge on any atom is -0.348 e. The van der Waals surface area contributed by atoms with Crippen LogP contribution in [0.2, 0.25) is 0 Å². The molecule has 1 aliphatic carbocycles. The van der Waals surface area contributed by atoms with Crippen molar-refractivity contribution in [3.8, 4) is 0 Å². The third-order valence-corrected chi connectivity index (χ3v) is 9.53. The van der Waals surface area contributed by atoms with Crippen LogP contribution in [0, 0.1) is 12.8 Å². The van der Waals surface area contributed by atoms with Crippen LogP contribution in [-0.2, 0) is 4.79 Å². The number of nitrogens with one attached hydrogen (secondary N) is 1. The van der Waals surface area contributed by atoms with E-state index in [9.17, 15) is 9.18 Å². The van der Waals surface area contributed by atoms with Gasteiger partial charge in [0.1, 0.15) is 17.8 Å². The SMILES string of the molecule is Cc1nnc(C(C)C)n1C1C[C@H]2CC[C@@H](C1)N2CC[C@H](NC(=O)C1CCC(F)CC1)c1cccs1. The van der Waals surface area contributed by atoms with Crippen molar-refractivity contribution >= 4 is 17.2 Å². The highest BCUT2D eigenvalue weighted by Gasteiger charge is 2.42. The molecular weight excluding hydrogens is 461 g/mol. The van der Waals surface area contributed by atoms with E-state index in [0.717, 1.165) is 37.5 Å². The summed E-state index contributed by atoms with van der Waals surface area (Å²) in [6, 6.07) is 5.89. The second kappa shape index (κ2) is 10.7. The van der Waals surface area contributed by atoms with Crippen LogP contribution in [0.3, 0.4) is 0 Å². The molecule has 2 aromatic heterocycles. The molecule has 35 heavy (non-hydrogen) atoms. The number of carbonyl (C=O) groups excluding carboxylic acids is 1. The summed E-state index contributed by atoms with van der Waals surface area (Å²) < 4.78 is 16.0. The van der Waals surface area contributed by atoms with Gasteiger partial charge in [0.15, 0.2) is 0 Å². The van der Waals surface area contributed by atoms with Gasteiger partial charge in [-0.3, -0.25) is 9.69 Å². The Balaban J connectivity index is 1.23. The number of fused-ring (bicyclic) bond motifs is 2. The molecule has 192 valence electrons. The van der Waals surface area contributed by atoms with Crippen molar-refractivity contribution in [2.45, 2.75) is 115 Å². The summed E-state index contributed by atoms with van der Waals surface area (Å²) in [5.41, 5.74) is 0. The quantitative estimate of drug-likeness (QED) is 0.503. The number of carbonyl (C=O) groups is 1. The average Bonchev–Trinajstić information content (AvgIpc) is 3.55. The third kappa shape index (κ3) is 5.33. The van der Waals surface area contributed by atoms with Crippen LogP contribution < -0.4 is 5.32 Å². The largest absolute Gasteiger partial charge is 0.348 e. The van der Waals surface area contributed by atoms with Gasteiger partial charge in [-0.15, -0.1) is 21.5 Å². The number of halogens is 1. The Morgan fingerprint density at radius 1 is 1.11 bits per heavy atom. The molecule has 5 rings (SSSR count). The van der Waals surface area contributed by atoms with Crippen LogP contribution in [0.4, 0.5) is 4.39 Å². The molecule has 2 aliphatic heterocycles. The first-order valence-corrected chi connectivity index (χ1v) is 14.4. The van der Waals surface area contributed by atoms with Gasteiger partial charge in [-0.2, -0.15) is 0 Å². The van der Waals surface area contributed by atoms with Crippen LogP contribution in [0.15, 0.2) is 17.5 Å². The van der Waals surface area contributed by atoms with Gasteiger partial charge in [-0.25, -0.2) is 4.39 Å². The molecule has 1 saturated carbocycles. The number of amides is 1. The summed E-state index contributed by atoms with van der Waals surface area (Å²) in [5, 5.41) is 14.3. The summed E-state index contributed by atoms with van der Waals surface area (Å²) in [4.78, 5) is 17.0. The number of piperidine rings is 1. The summed E-state index contributed by atoms with van der Waals surface area (Å²) in [6.45, 7) is 7.49. The fourth-order valence-corrected chi connectivity index (χ4v) is 7.52. The number of nitrogens with zero attached hydrogens (tertiary/aromatic N) is 4. The van der Waals surface area contributed by atoms with E-state index in [1.807, 2.05) is 0 Å². The Morgan fingerprint density at radius 2 is 1.83 bits per heavy atom. The van der Waals surface area contributed by atoms with Gasteiger partial charge in [-0.05, 0) is 76.2 Å². The highest BCUT2D eigenvalue weighted by Crippen LogP contribution is 2.42. The zero-order valence-electron chi connectivity index (χ0n) is 21.3. The number of thiophene rings is 1. The number of aromatic nitrogens is 3. The molecule has 3 fully saturated rings. The zero-order chi connectivity index (χ0) is 24.5. The smallest absolute Gasteiger partial charge is 0.223 e. The topological polar surface area (TPSA) is 63.1 Å². The Bertz CT molecular complexity index is 970. The highest BCUT2D eigenvalue weighted by atomic mass is 32.1. The average molecular weight is 502 g/mol. The van der Waals surface area contributed by atoms with Crippen LogP contribution in [-0.4, -0.2) is 50.4 Å². The highest BCUT2D eigenvalue weighted by molar-refractivity contribution is 7.10. The maximum Gasteiger partial charge on any atom is 0.223 e. The lowest BCUT2D eigenvalue weighted by molar-refractivity contribution is -0.127. The molecular formula is C27H40FN5OS. The van der Waals surface area contributed by atoms with E-state index < -0.39 is 6.17 Å². The molecule has 1 unspecified atom stereocenters. The van der Waals surface area contributed by atoms with Crippen molar-refractivity contribution in [3.05, 3.63) is 34.0 Å². The van der Waals surface area contributed by atoms with E-state index in [0.29, 0.717) is 49.7 Å². The Morgan fingerprint density at radius 3 is 2.46 bits per heavy atom. The number of aryl methyl sites for hydroxylation is 1. The van der Waals surface area contributed by atoms with Crippen LogP contribution in [0.5, 0.6) is 0 Å². The van der Waals surface area contributed by atoms with Gasteiger partial charge in [0.2, 0.25) is 5.91 Å². The molecule has 0 aromatic carbocycles. The fraction of sp³-hybridized carbons (Fsp3) is 0.741. The van der Waals surface area contributed by atoms with Crippen LogP contribution in [0.25, 0.3) is 0 Å². The summed E-state index contributed by atoms with van der Waals surface area (Å²) in [5.74, 6) is 2.60. The second-order valence-corrected chi connectivity index (χ2v) is 12.2. The zero-order valence-corrected chi connectivity index (χ0v) is 22.1. The Kier molecular flexibility index (Phi) is 7.58.